The number of nitrogens with two attached hydrogens (primary N) is 1. The van der Waals surface area contributed by atoms with Crippen molar-refractivity contribution >= 4 is 22.8 Å². The molecule has 0 aliphatic carbocycles. The number of ether oxygens (including phenoxy) is 1. The summed E-state index contributed by atoms with van der Waals surface area (Å²) >= 11 is 0. The molecule has 0 saturated heterocycles. The van der Waals surface area contributed by atoms with Gasteiger partial charge in [-0.3, -0.25) is 9.36 Å². The van der Waals surface area contributed by atoms with E-state index in [4.69, 9.17) is 10.5 Å². The van der Waals surface area contributed by atoms with Gasteiger partial charge in [0.05, 0.1) is 5.52 Å². The average Bonchev–Trinajstić information content (AvgIpc) is 3.26. The molecule has 4 rings (SSSR count). The quantitative estimate of drug-likeness (QED) is 0.202. The van der Waals surface area contributed by atoms with E-state index in [9.17, 15) is 9.59 Å². The van der Waals surface area contributed by atoms with Crippen LogP contribution in [-0.2, 0) is 23.1 Å². The summed E-state index contributed by atoms with van der Waals surface area (Å²) in [6.45, 7) is 8.93. The summed E-state index contributed by atoms with van der Waals surface area (Å²) in [7, 11) is 4.10. The van der Waals surface area contributed by atoms with E-state index in [2.05, 4.69) is 31.1 Å². The fraction of sp³-hybridized carbons (Fsp3) is 0.353. The Morgan fingerprint density at radius 2 is 1.68 bits per heavy atom. The van der Waals surface area contributed by atoms with Crippen LogP contribution in [0.2, 0.25) is 0 Å². The zero-order valence-electron chi connectivity index (χ0n) is 24.5. The topological polar surface area (TPSA) is 77.6 Å². The molecule has 0 spiro atoms. The molecule has 6 heteroatoms. The fourth-order valence-corrected chi connectivity index (χ4v) is 5.56. The number of carbonyl (C=O) groups excluding carboxylic acids is 2. The molecule has 40 heavy (non-hydrogen) atoms. The van der Waals surface area contributed by atoms with Crippen LogP contribution in [0.25, 0.3) is 10.9 Å². The van der Waals surface area contributed by atoms with Gasteiger partial charge in [0, 0.05) is 35.5 Å². The number of likely N-dealkylation sites (N-methyl/N-ethyl adjacent to an activating group) is 1. The summed E-state index contributed by atoms with van der Waals surface area (Å²) in [5.74, 6) is -0.0256. The number of aromatic nitrogens is 1. The van der Waals surface area contributed by atoms with E-state index in [-0.39, 0.29) is 12.3 Å². The van der Waals surface area contributed by atoms with E-state index in [0.717, 1.165) is 51.7 Å². The molecule has 0 aliphatic heterocycles. The van der Waals surface area contributed by atoms with Crippen molar-refractivity contribution in [2.75, 3.05) is 20.6 Å². The minimum absolute atomic E-state index is 0.00432. The van der Waals surface area contributed by atoms with Crippen LogP contribution >= 0.6 is 0 Å². The van der Waals surface area contributed by atoms with Crippen LogP contribution in [0, 0.1) is 13.8 Å². The second kappa shape index (κ2) is 12.2. The van der Waals surface area contributed by atoms with Gasteiger partial charge >= 0.3 is 5.97 Å². The van der Waals surface area contributed by atoms with Crippen LogP contribution < -0.4 is 10.5 Å². The lowest BCUT2D eigenvalue weighted by atomic mass is 9.78. The van der Waals surface area contributed by atoms with Crippen LogP contribution in [0.5, 0.6) is 5.75 Å². The lowest BCUT2D eigenvalue weighted by Crippen LogP contribution is -2.37. The Hall–Kier alpha value is -3.74. The first-order chi connectivity index (χ1) is 19.0. The minimum atomic E-state index is -0.798. The van der Waals surface area contributed by atoms with Crippen LogP contribution in [-0.4, -0.2) is 48.0 Å². The van der Waals surface area contributed by atoms with E-state index in [1.54, 1.807) is 4.57 Å². The highest BCUT2D eigenvalue weighted by molar-refractivity contribution is 5.95. The van der Waals surface area contributed by atoms with Crippen molar-refractivity contribution in [3.8, 4) is 5.75 Å². The molecular weight excluding hydrogens is 498 g/mol. The van der Waals surface area contributed by atoms with Gasteiger partial charge in [0.15, 0.2) is 0 Å². The van der Waals surface area contributed by atoms with Crippen molar-refractivity contribution in [1.82, 2.24) is 9.47 Å². The van der Waals surface area contributed by atoms with Crippen LogP contribution in [0.3, 0.4) is 0 Å². The Morgan fingerprint density at radius 3 is 2.38 bits per heavy atom. The number of para-hydroxylation sites is 1. The molecule has 0 radical (unpaired) electrons. The van der Waals surface area contributed by atoms with Gasteiger partial charge < -0.3 is 15.4 Å². The predicted octanol–water partition coefficient (Wildman–Crippen LogP) is 5.85. The fourth-order valence-electron chi connectivity index (χ4n) is 5.56. The molecule has 3 aromatic carbocycles. The number of benzene rings is 3. The monoisotopic (exact) mass is 539 g/mol. The largest absolute Gasteiger partial charge is 0.425 e. The van der Waals surface area contributed by atoms with Crippen molar-refractivity contribution in [1.29, 1.82) is 0 Å². The molecule has 1 unspecified atom stereocenters. The van der Waals surface area contributed by atoms with Gasteiger partial charge in [-0.05, 0) is 75.2 Å². The highest BCUT2D eigenvalue weighted by Crippen LogP contribution is 2.39. The Balaban J connectivity index is 1.61. The Bertz CT molecular complexity index is 1500. The van der Waals surface area contributed by atoms with E-state index in [1.165, 1.54) is 0 Å². The molecule has 210 valence electrons. The summed E-state index contributed by atoms with van der Waals surface area (Å²) < 4.78 is 7.74. The number of hydrogen-bond acceptors (Lipinski definition) is 5. The molecule has 1 aromatic heterocycles. The maximum absolute atomic E-state index is 13.8. The van der Waals surface area contributed by atoms with Crippen molar-refractivity contribution in [2.45, 2.75) is 58.4 Å². The zero-order valence-corrected chi connectivity index (χ0v) is 24.5. The van der Waals surface area contributed by atoms with E-state index in [1.807, 2.05) is 88.5 Å². The second-order valence-electron chi connectivity index (χ2n) is 11.7. The zero-order chi connectivity index (χ0) is 29.0. The van der Waals surface area contributed by atoms with Gasteiger partial charge in [0.2, 0.25) is 5.91 Å². The number of rotatable bonds is 10. The third kappa shape index (κ3) is 6.69. The van der Waals surface area contributed by atoms with Crippen molar-refractivity contribution in [2.24, 2.45) is 5.73 Å². The minimum Gasteiger partial charge on any atom is -0.425 e. The van der Waals surface area contributed by atoms with Gasteiger partial charge in [-0.2, -0.15) is 0 Å². The number of esters is 1. The molecule has 6 nitrogen and oxygen atoms in total. The summed E-state index contributed by atoms with van der Waals surface area (Å²) in [5.41, 5.74) is 11.5. The normalized spacial score (nSPS) is 12.6. The molecular formula is C34H41N3O3. The molecule has 0 amide bonds. The van der Waals surface area contributed by atoms with Gasteiger partial charge in [-0.25, -0.2) is 4.79 Å². The standard InChI is InChI=1S/C34H41N3O3/c1-23-18-24(2)32(30(19-23)40-33(39)28(35)20-25-12-8-7-9-13-25)34(3,4)21-31(38)37-22-26(16-17-36(5)6)27-14-10-11-15-29(27)37/h7-15,18-19,22,28H,16-17,20-21,35H2,1-6H3. The van der Waals surface area contributed by atoms with Crippen LogP contribution in [0.1, 0.15) is 52.9 Å². The molecule has 0 fully saturated rings. The Kier molecular flexibility index (Phi) is 8.92. The summed E-state index contributed by atoms with van der Waals surface area (Å²) in [6.07, 6.45) is 3.47. The van der Waals surface area contributed by atoms with Gasteiger partial charge in [-0.15, -0.1) is 0 Å². The molecule has 2 N–H and O–H groups in total. The molecule has 4 aromatic rings. The first-order valence-corrected chi connectivity index (χ1v) is 13.9. The molecule has 0 bridgehead atoms. The lowest BCUT2D eigenvalue weighted by Gasteiger charge is -2.29. The van der Waals surface area contributed by atoms with E-state index >= 15 is 0 Å². The van der Waals surface area contributed by atoms with Crippen LogP contribution in [0.15, 0.2) is 72.9 Å². The first-order valence-electron chi connectivity index (χ1n) is 13.9. The highest BCUT2D eigenvalue weighted by atomic mass is 16.5. The van der Waals surface area contributed by atoms with Gasteiger partial charge in [0.25, 0.3) is 0 Å². The third-order valence-electron chi connectivity index (χ3n) is 7.42. The van der Waals surface area contributed by atoms with Gasteiger partial charge in [-0.1, -0.05) is 68.4 Å². The number of fused-ring (bicyclic) bond motifs is 1. The van der Waals surface area contributed by atoms with Crippen molar-refractivity contribution in [3.63, 3.8) is 0 Å². The van der Waals surface area contributed by atoms with Crippen LogP contribution in [0.4, 0.5) is 0 Å². The number of hydrogen-bond donors (Lipinski definition) is 1. The molecule has 0 aliphatic rings. The van der Waals surface area contributed by atoms with Crippen molar-refractivity contribution in [3.05, 3.63) is 101 Å². The number of aryl methyl sites for hydroxylation is 2. The summed E-state index contributed by atoms with van der Waals surface area (Å²) in [5, 5.41) is 1.10. The van der Waals surface area contributed by atoms with E-state index < -0.39 is 17.4 Å². The predicted molar refractivity (Wildman–Crippen MR) is 162 cm³/mol. The first kappa shape index (κ1) is 29.2. The van der Waals surface area contributed by atoms with Gasteiger partial charge in [0.1, 0.15) is 11.8 Å². The highest BCUT2D eigenvalue weighted by Gasteiger charge is 2.32. The number of nitrogens with zero attached hydrogens (tertiary/aromatic N) is 2. The molecule has 1 heterocycles. The summed E-state index contributed by atoms with van der Waals surface area (Å²) in [4.78, 5) is 29.1. The molecule has 1 atom stereocenters. The average molecular weight is 540 g/mol. The number of carbonyl (C=O) groups is 2. The maximum Gasteiger partial charge on any atom is 0.328 e. The third-order valence-corrected chi connectivity index (χ3v) is 7.42. The Morgan fingerprint density at radius 1 is 1.00 bits per heavy atom. The molecule has 0 saturated carbocycles. The van der Waals surface area contributed by atoms with Crippen molar-refractivity contribution < 1.29 is 14.3 Å². The maximum atomic E-state index is 13.8. The SMILES string of the molecule is Cc1cc(C)c(C(C)(C)CC(=O)n2cc(CCN(C)C)c3ccccc32)c(OC(=O)C(N)Cc2ccccc2)c1. The lowest BCUT2D eigenvalue weighted by molar-refractivity contribution is -0.135. The summed E-state index contributed by atoms with van der Waals surface area (Å²) in [6, 6.07) is 20.9. The van der Waals surface area contributed by atoms with E-state index in [0.29, 0.717) is 12.2 Å². The second-order valence-corrected chi connectivity index (χ2v) is 11.7. The smallest absolute Gasteiger partial charge is 0.328 e. The Labute approximate surface area is 237 Å².